The second kappa shape index (κ2) is 8.17. The maximum absolute atomic E-state index is 12.7. The maximum atomic E-state index is 12.7. The molecule has 1 aromatic carbocycles. The molecule has 2 amide bonds. The number of hydrogen-bond donors (Lipinski definition) is 1. The van der Waals surface area contributed by atoms with E-state index in [9.17, 15) is 4.79 Å². The van der Waals surface area contributed by atoms with Gasteiger partial charge >= 0.3 is 6.03 Å². The Labute approximate surface area is 168 Å². The van der Waals surface area contributed by atoms with Crippen molar-refractivity contribution in [3.63, 3.8) is 0 Å². The first kappa shape index (κ1) is 20.1. The summed E-state index contributed by atoms with van der Waals surface area (Å²) in [7, 11) is 2.06. The highest BCUT2D eigenvalue weighted by Gasteiger charge is 2.28. The van der Waals surface area contributed by atoms with Crippen LogP contribution in [0, 0.1) is 0 Å². The number of aromatic nitrogens is 2. The third kappa shape index (κ3) is 4.61. The minimum absolute atomic E-state index is 0.0330. The molecule has 6 heteroatoms. The van der Waals surface area contributed by atoms with Gasteiger partial charge in [-0.3, -0.25) is 0 Å². The summed E-state index contributed by atoms with van der Waals surface area (Å²) in [6, 6.07) is 10.1. The molecule has 2 heterocycles. The molecule has 0 atom stereocenters. The number of fused-ring (bicyclic) bond motifs is 1. The Balaban J connectivity index is 1.97. The van der Waals surface area contributed by atoms with E-state index in [1.165, 1.54) is 0 Å². The van der Waals surface area contributed by atoms with Crippen molar-refractivity contribution in [1.82, 2.24) is 20.2 Å². The van der Waals surface area contributed by atoms with Gasteiger partial charge in [-0.1, -0.05) is 37.3 Å². The highest BCUT2D eigenvalue weighted by atomic mass is 16.2. The number of carbonyl (C=O) groups is 1. The van der Waals surface area contributed by atoms with Gasteiger partial charge in [0.05, 0.1) is 12.2 Å². The first-order chi connectivity index (χ1) is 13.3. The Morgan fingerprint density at radius 2 is 1.93 bits per heavy atom. The van der Waals surface area contributed by atoms with Crippen molar-refractivity contribution in [2.45, 2.75) is 52.6 Å². The third-order valence-electron chi connectivity index (χ3n) is 4.76. The van der Waals surface area contributed by atoms with Crippen LogP contribution in [0.3, 0.4) is 0 Å². The molecular weight excluding hydrogens is 350 g/mol. The standard InChI is InChI=1S/C22H31N5O/c1-6-13-26(5)20-17-15-27(21(28)25-22(2,3)4)14-12-18(17)23-19(24-20)16-10-8-7-9-11-16/h7-11H,6,12-15H2,1-5H3,(H,25,28). The second-order valence-corrected chi connectivity index (χ2v) is 8.44. The molecule has 6 nitrogen and oxygen atoms in total. The molecule has 28 heavy (non-hydrogen) atoms. The lowest BCUT2D eigenvalue weighted by molar-refractivity contribution is 0.183. The normalized spacial score (nSPS) is 13.8. The molecule has 0 bridgehead atoms. The number of rotatable bonds is 4. The summed E-state index contributed by atoms with van der Waals surface area (Å²) in [4.78, 5) is 26.5. The molecule has 3 rings (SSSR count). The Hall–Kier alpha value is -2.63. The van der Waals surface area contributed by atoms with Crippen LogP contribution in [0.2, 0.25) is 0 Å². The molecule has 1 N–H and O–H groups in total. The van der Waals surface area contributed by atoms with Gasteiger partial charge in [0.1, 0.15) is 5.82 Å². The van der Waals surface area contributed by atoms with Crippen molar-refractivity contribution >= 4 is 11.8 Å². The average Bonchev–Trinajstić information content (AvgIpc) is 2.66. The van der Waals surface area contributed by atoms with Crippen LogP contribution in [-0.2, 0) is 13.0 Å². The van der Waals surface area contributed by atoms with E-state index in [0.717, 1.165) is 47.8 Å². The first-order valence-corrected chi connectivity index (χ1v) is 10.0. The van der Waals surface area contributed by atoms with Crippen molar-refractivity contribution in [1.29, 1.82) is 0 Å². The predicted octanol–water partition coefficient (Wildman–Crippen LogP) is 3.86. The Kier molecular flexibility index (Phi) is 5.87. The van der Waals surface area contributed by atoms with Crippen molar-refractivity contribution in [2.75, 3.05) is 25.0 Å². The Morgan fingerprint density at radius 3 is 2.57 bits per heavy atom. The van der Waals surface area contributed by atoms with Crippen LogP contribution in [0.4, 0.5) is 10.6 Å². The number of urea groups is 1. The molecule has 0 radical (unpaired) electrons. The SMILES string of the molecule is CCCN(C)c1nc(-c2ccccc2)nc2c1CN(C(=O)NC(C)(C)C)CC2. The zero-order valence-electron chi connectivity index (χ0n) is 17.6. The number of carbonyl (C=O) groups excluding carboxylic acids is 1. The minimum atomic E-state index is -0.257. The van der Waals surface area contributed by atoms with Crippen LogP contribution >= 0.6 is 0 Å². The van der Waals surface area contributed by atoms with Gasteiger partial charge in [0.15, 0.2) is 5.82 Å². The fraction of sp³-hybridized carbons (Fsp3) is 0.500. The lowest BCUT2D eigenvalue weighted by atomic mass is 10.0. The van der Waals surface area contributed by atoms with Gasteiger partial charge < -0.3 is 15.1 Å². The second-order valence-electron chi connectivity index (χ2n) is 8.44. The van der Waals surface area contributed by atoms with E-state index >= 15 is 0 Å². The summed E-state index contributed by atoms with van der Waals surface area (Å²) in [5.41, 5.74) is 2.87. The monoisotopic (exact) mass is 381 g/mol. The van der Waals surface area contributed by atoms with E-state index in [-0.39, 0.29) is 11.6 Å². The minimum Gasteiger partial charge on any atom is -0.359 e. The summed E-state index contributed by atoms with van der Waals surface area (Å²) in [5, 5.41) is 3.06. The molecule has 0 saturated heterocycles. The number of amides is 2. The zero-order chi connectivity index (χ0) is 20.3. The zero-order valence-corrected chi connectivity index (χ0v) is 17.6. The summed E-state index contributed by atoms with van der Waals surface area (Å²) in [6.45, 7) is 10.3. The predicted molar refractivity (Wildman–Crippen MR) is 113 cm³/mol. The fourth-order valence-electron chi connectivity index (χ4n) is 3.44. The fourth-order valence-corrected chi connectivity index (χ4v) is 3.44. The number of benzene rings is 1. The van der Waals surface area contributed by atoms with Crippen molar-refractivity contribution < 1.29 is 4.79 Å². The smallest absolute Gasteiger partial charge is 0.318 e. The molecule has 150 valence electrons. The topological polar surface area (TPSA) is 61.4 Å². The maximum Gasteiger partial charge on any atom is 0.318 e. The number of nitrogens with zero attached hydrogens (tertiary/aromatic N) is 4. The van der Waals surface area contributed by atoms with Gasteiger partial charge in [-0.15, -0.1) is 0 Å². The van der Waals surface area contributed by atoms with Crippen LogP contribution in [0.5, 0.6) is 0 Å². The molecule has 0 aliphatic carbocycles. The summed E-state index contributed by atoms with van der Waals surface area (Å²) >= 11 is 0. The summed E-state index contributed by atoms with van der Waals surface area (Å²) < 4.78 is 0. The van der Waals surface area contributed by atoms with E-state index in [0.29, 0.717) is 13.1 Å². The Morgan fingerprint density at radius 1 is 1.21 bits per heavy atom. The molecule has 1 aliphatic heterocycles. The van der Waals surface area contributed by atoms with E-state index in [2.05, 4.69) is 24.2 Å². The highest BCUT2D eigenvalue weighted by Crippen LogP contribution is 2.29. The van der Waals surface area contributed by atoms with Crippen molar-refractivity contribution in [3.8, 4) is 11.4 Å². The average molecular weight is 382 g/mol. The van der Waals surface area contributed by atoms with E-state index in [4.69, 9.17) is 9.97 Å². The van der Waals surface area contributed by atoms with Gasteiger partial charge in [0.25, 0.3) is 0 Å². The molecule has 1 aliphatic rings. The van der Waals surface area contributed by atoms with E-state index < -0.39 is 0 Å². The molecule has 0 unspecified atom stereocenters. The van der Waals surface area contributed by atoms with E-state index in [1.54, 1.807) is 0 Å². The van der Waals surface area contributed by atoms with Crippen LogP contribution in [0.25, 0.3) is 11.4 Å². The number of anilines is 1. The van der Waals surface area contributed by atoms with Gasteiger partial charge in [0.2, 0.25) is 0 Å². The first-order valence-electron chi connectivity index (χ1n) is 10.0. The number of nitrogens with one attached hydrogen (secondary N) is 1. The molecule has 0 fully saturated rings. The number of hydrogen-bond acceptors (Lipinski definition) is 4. The van der Waals surface area contributed by atoms with Crippen LogP contribution in [-0.4, -0.2) is 46.6 Å². The van der Waals surface area contributed by atoms with Gasteiger partial charge in [0, 0.05) is 43.2 Å². The van der Waals surface area contributed by atoms with Gasteiger partial charge in [-0.05, 0) is 27.2 Å². The molecule has 0 spiro atoms. The molecule has 0 saturated carbocycles. The lowest BCUT2D eigenvalue weighted by Crippen LogP contribution is -2.50. The molecule has 1 aromatic heterocycles. The molecular formula is C22H31N5O. The summed E-state index contributed by atoms with van der Waals surface area (Å²) in [6.07, 6.45) is 1.77. The van der Waals surface area contributed by atoms with E-state index in [1.807, 2.05) is 56.0 Å². The lowest BCUT2D eigenvalue weighted by Gasteiger charge is -2.34. The summed E-state index contributed by atoms with van der Waals surface area (Å²) in [5.74, 6) is 1.68. The quantitative estimate of drug-likeness (QED) is 0.874. The highest BCUT2D eigenvalue weighted by molar-refractivity contribution is 5.76. The van der Waals surface area contributed by atoms with Crippen LogP contribution in [0.15, 0.2) is 30.3 Å². The third-order valence-corrected chi connectivity index (χ3v) is 4.76. The van der Waals surface area contributed by atoms with Crippen LogP contribution in [0.1, 0.15) is 45.4 Å². The van der Waals surface area contributed by atoms with Gasteiger partial charge in [-0.2, -0.15) is 0 Å². The van der Waals surface area contributed by atoms with Gasteiger partial charge in [-0.25, -0.2) is 14.8 Å². The van der Waals surface area contributed by atoms with Crippen molar-refractivity contribution in [2.24, 2.45) is 0 Å². The molecule has 2 aromatic rings. The van der Waals surface area contributed by atoms with Crippen LogP contribution < -0.4 is 10.2 Å². The Bertz CT molecular complexity index is 829. The van der Waals surface area contributed by atoms with Crippen molar-refractivity contribution in [3.05, 3.63) is 41.6 Å². The largest absolute Gasteiger partial charge is 0.359 e.